The van der Waals surface area contributed by atoms with Crippen LogP contribution in [0.2, 0.25) is 5.02 Å². The molecule has 0 amide bonds. The molecule has 4 nitrogen and oxygen atoms in total. The van der Waals surface area contributed by atoms with Crippen LogP contribution in [-0.4, -0.2) is 25.4 Å². The van der Waals surface area contributed by atoms with Crippen LogP contribution in [0.1, 0.15) is 12.5 Å². The minimum atomic E-state index is -3.56. The standard InChI is InChI=1S/C10H14ClNO3S/c1-7-3-4-9(11)5-10(7)12-16(14,15)8(2)6-13/h3-5,8,12-13H,6H2,1-2H3. The first-order chi connectivity index (χ1) is 7.36. The molecule has 1 aromatic carbocycles. The van der Waals surface area contributed by atoms with Crippen molar-refractivity contribution < 1.29 is 13.5 Å². The largest absolute Gasteiger partial charge is 0.395 e. The van der Waals surface area contributed by atoms with E-state index in [1.54, 1.807) is 25.1 Å². The lowest BCUT2D eigenvalue weighted by Crippen LogP contribution is -2.28. The molecule has 1 atom stereocenters. The number of anilines is 1. The first-order valence-electron chi connectivity index (χ1n) is 4.75. The second-order valence-electron chi connectivity index (χ2n) is 3.60. The van der Waals surface area contributed by atoms with E-state index < -0.39 is 21.9 Å². The lowest BCUT2D eigenvalue weighted by atomic mass is 10.2. The van der Waals surface area contributed by atoms with Gasteiger partial charge in [0, 0.05) is 5.02 Å². The summed E-state index contributed by atoms with van der Waals surface area (Å²) in [6, 6.07) is 4.95. The Hall–Kier alpha value is -0.780. The first kappa shape index (κ1) is 13.3. The van der Waals surface area contributed by atoms with E-state index in [0.717, 1.165) is 5.56 Å². The molecule has 1 unspecified atom stereocenters. The lowest BCUT2D eigenvalue weighted by Gasteiger charge is -2.14. The molecule has 0 saturated carbocycles. The van der Waals surface area contributed by atoms with Gasteiger partial charge in [-0.3, -0.25) is 4.72 Å². The SMILES string of the molecule is Cc1ccc(Cl)cc1NS(=O)(=O)C(C)CO. The van der Waals surface area contributed by atoms with Crippen LogP contribution in [0.25, 0.3) is 0 Å². The average Bonchev–Trinajstić information content (AvgIpc) is 2.22. The Bertz CT molecular complexity index is 473. The van der Waals surface area contributed by atoms with E-state index in [-0.39, 0.29) is 0 Å². The molecule has 6 heteroatoms. The maximum absolute atomic E-state index is 11.7. The highest BCUT2D eigenvalue weighted by Gasteiger charge is 2.20. The molecule has 2 N–H and O–H groups in total. The topological polar surface area (TPSA) is 66.4 Å². The van der Waals surface area contributed by atoms with E-state index in [9.17, 15) is 8.42 Å². The average molecular weight is 264 g/mol. The van der Waals surface area contributed by atoms with Gasteiger partial charge in [-0.1, -0.05) is 17.7 Å². The van der Waals surface area contributed by atoms with E-state index in [2.05, 4.69) is 4.72 Å². The molecule has 0 spiro atoms. The van der Waals surface area contributed by atoms with Crippen molar-refractivity contribution in [3.63, 3.8) is 0 Å². The van der Waals surface area contributed by atoms with Gasteiger partial charge < -0.3 is 5.11 Å². The van der Waals surface area contributed by atoms with Gasteiger partial charge in [0.2, 0.25) is 10.0 Å². The van der Waals surface area contributed by atoms with E-state index in [1.807, 2.05) is 0 Å². The van der Waals surface area contributed by atoms with Crippen molar-refractivity contribution in [3.8, 4) is 0 Å². The molecule has 0 aliphatic rings. The second kappa shape index (κ2) is 5.03. The van der Waals surface area contributed by atoms with Crippen LogP contribution in [0.15, 0.2) is 18.2 Å². The van der Waals surface area contributed by atoms with Crippen LogP contribution >= 0.6 is 11.6 Å². The fourth-order valence-electron chi connectivity index (χ4n) is 1.06. The third-order valence-corrected chi connectivity index (χ3v) is 4.19. The molecule has 0 radical (unpaired) electrons. The quantitative estimate of drug-likeness (QED) is 0.870. The van der Waals surface area contributed by atoms with E-state index in [4.69, 9.17) is 16.7 Å². The van der Waals surface area contributed by atoms with Crippen LogP contribution in [0.4, 0.5) is 5.69 Å². The molecule has 1 rings (SSSR count). The number of aryl methyl sites for hydroxylation is 1. The monoisotopic (exact) mass is 263 g/mol. The summed E-state index contributed by atoms with van der Waals surface area (Å²) in [5.74, 6) is 0. The van der Waals surface area contributed by atoms with Crippen molar-refractivity contribution in [3.05, 3.63) is 28.8 Å². The zero-order valence-corrected chi connectivity index (χ0v) is 10.6. The van der Waals surface area contributed by atoms with Gasteiger partial charge in [-0.25, -0.2) is 8.42 Å². The van der Waals surface area contributed by atoms with Gasteiger partial charge in [0.05, 0.1) is 12.3 Å². The van der Waals surface area contributed by atoms with Crippen molar-refractivity contribution >= 4 is 27.3 Å². The molecule has 0 saturated heterocycles. The number of benzene rings is 1. The minimum Gasteiger partial charge on any atom is -0.395 e. The van der Waals surface area contributed by atoms with Crippen molar-refractivity contribution in [2.24, 2.45) is 0 Å². The maximum Gasteiger partial charge on any atom is 0.237 e. The molecular weight excluding hydrogens is 250 g/mol. The highest BCUT2D eigenvalue weighted by molar-refractivity contribution is 7.93. The molecule has 0 aromatic heterocycles. The number of nitrogens with one attached hydrogen (secondary N) is 1. The van der Waals surface area contributed by atoms with Crippen molar-refractivity contribution in [2.45, 2.75) is 19.1 Å². The van der Waals surface area contributed by atoms with Crippen molar-refractivity contribution in [1.82, 2.24) is 0 Å². The zero-order chi connectivity index (χ0) is 12.3. The summed E-state index contributed by atoms with van der Waals surface area (Å²) >= 11 is 5.77. The summed E-state index contributed by atoms with van der Waals surface area (Å²) < 4.78 is 25.8. The molecule has 0 aliphatic heterocycles. The highest BCUT2D eigenvalue weighted by atomic mass is 35.5. The number of sulfonamides is 1. The Balaban J connectivity index is 3.01. The molecule has 90 valence electrons. The van der Waals surface area contributed by atoms with E-state index in [0.29, 0.717) is 10.7 Å². The summed E-state index contributed by atoms with van der Waals surface area (Å²) in [6.07, 6.45) is 0. The van der Waals surface area contributed by atoms with Crippen LogP contribution in [0.5, 0.6) is 0 Å². The van der Waals surface area contributed by atoms with Gasteiger partial charge >= 0.3 is 0 Å². The Morgan fingerprint density at radius 2 is 2.12 bits per heavy atom. The van der Waals surface area contributed by atoms with Crippen molar-refractivity contribution in [1.29, 1.82) is 0 Å². The zero-order valence-electron chi connectivity index (χ0n) is 9.07. The smallest absolute Gasteiger partial charge is 0.237 e. The fraction of sp³-hybridized carbons (Fsp3) is 0.400. The number of rotatable bonds is 4. The number of aliphatic hydroxyl groups is 1. The van der Waals surface area contributed by atoms with E-state index in [1.165, 1.54) is 6.92 Å². The Labute approximate surface area is 100 Å². The van der Waals surface area contributed by atoms with Gasteiger partial charge in [-0.15, -0.1) is 0 Å². The Kier molecular flexibility index (Phi) is 4.18. The van der Waals surface area contributed by atoms with Gasteiger partial charge in [0.15, 0.2) is 0 Å². The van der Waals surface area contributed by atoms with Gasteiger partial charge in [-0.2, -0.15) is 0 Å². The minimum absolute atomic E-state index is 0.422. The van der Waals surface area contributed by atoms with Crippen LogP contribution in [0, 0.1) is 6.92 Å². The summed E-state index contributed by atoms with van der Waals surface area (Å²) in [5.41, 5.74) is 1.21. The molecule has 16 heavy (non-hydrogen) atoms. The maximum atomic E-state index is 11.7. The van der Waals surface area contributed by atoms with E-state index >= 15 is 0 Å². The predicted molar refractivity (Wildman–Crippen MR) is 65.3 cm³/mol. The summed E-state index contributed by atoms with van der Waals surface area (Å²) in [5, 5.41) is 8.43. The van der Waals surface area contributed by atoms with Gasteiger partial charge in [0.25, 0.3) is 0 Å². The van der Waals surface area contributed by atoms with Crippen LogP contribution in [-0.2, 0) is 10.0 Å². The van der Waals surface area contributed by atoms with Crippen LogP contribution in [0.3, 0.4) is 0 Å². The molecule has 0 fully saturated rings. The second-order valence-corrected chi connectivity index (χ2v) is 6.13. The normalized spacial score (nSPS) is 13.5. The molecule has 0 heterocycles. The molecule has 0 aliphatic carbocycles. The summed E-state index contributed by atoms with van der Waals surface area (Å²) in [4.78, 5) is 0. The fourth-order valence-corrected chi connectivity index (χ4v) is 2.15. The lowest BCUT2D eigenvalue weighted by molar-refractivity contribution is 0.296. The number of hydrogen-bond donors (Lipinski definition) is 2. The molecular formula is C10H14ClNO3S. The molecule has 1 aromatic rings. The Morgan fingerprint density at radius 1 is 1.50 bits per heavy atom. The highest BCUT2D eigenvalue weighted by Crippen LogP contribution is 2.22. The van der Waals surface area contributed by atoms with Crippen LogP contribution < -0.4 is 4.72 Å². The molecule has 0 bridgehead atoms. The number of aliphatic hydroxyl groups excluding tert-OH is 1. The Morgan fingerprint density at radius 3 is 2.69 bits per heavy atom. The van der Waals surface area contributed by atoms with Gasteiger partial charge in [0.1, 0.15) is 5.25 Å². The summed E-state index contributed by atoms with van der Waals surface area (Å²) in [6.45, 7) is 2.79. The number of hydrogen-bond acceptors (Lipinski definition) is 3. The summed E-state index contributed by atoms with van der Waals surface area (Å²) in [7, 11) is -3.56. The van der Waals surface area contributed by atoms with Crippen molar-refractivity contribution in [2.75, 3.05) is 11.3 Å². The third-order valence-electron chi connectivity index (χ3n) is 2.24. The predicted octanol–water partition coefficient (Wildman–Crippen LogP) is 1.77. The number of halogens is 1. The third kappa shape index (κ3) is 3.10. The first-order valence-corrected chi connectivity index (χ1v) is 6.68. The van der Waals surface area contributed by atoms with Gasteiger partial charge in [-0.05, 0) is 31.5 Å².